The molecule has 1 aliphatic heterocycles. The summed E-state index contributed by atoms with van der Waals surface area (Å²) in [6, 6.07) is 20.9. The van der Waals surface area contributed by atoms with Gasteiger partial charge in [0.05, 0.1) is 5.69 Å². The number of barbiturate groups is 1. The summed E-state index contributed by atoms with van der Waals surface area (Å²) in [6.45, 7) is 0.715. The number of anilines is 1. The molecule has 1 fully saturated rings. The van der Waals surface area contributed by atoms with Gasteiger partial charge in [0.15, 0.2) is 0 Å². The van der Waals surface area contributed by atoms with Crippen LogP contribution in [0, 0.1) is 0 Å². The van der Waals surface area contributed by atoms with Crippen LogP contribution in [0.25, 0.3) is 17.0 Å². The third-order valence-corrected chi connectivity index (χ3v) is 7.22. The Kier molecular flexibility index (Phi) is 6.87. The first-order valence-corrected chi connectivity index (χ1v) is 12.8. The quantitative estimate of drug-likeness (QED) is 0.176. The molecule has 5 rings (SSSR count). The molecule has 2 heterocycles. The highest BCUT2D eigenvalue weighted by atomic mass is 35.5. The number of benzene rings is 3. The number of hydrogen-bond acceptors (Lipinski definition) is 4. The van der Waals surface area contributed by atoms with E-state index in [1.54, 1.807) is 36.0 Å². The zero-order chi connectivity index (χ0) is 25.2. The Bertz CT molecular complexity index is 1510. The van der Waals surface area contributed by atoms with E-state index in [9.17, 15) is 14.4 Å². The lowest BCUT2D eigenvalue weighted by Crippen LogP contribution is -2.54. The van der Waals surface area contributed by atoms with Crippen LogP contribution in [-0.2, 0) is 16.1 Å². The molecule has 1 aliphatic rings. The van der Waals surface area contributed by atoms with Crippen molar-refractivity contribution in [1.82, 2.24) is 9.88 Å². The number of fused-ring (bicyclic) bond motifs is 1. The highest BCUT2D eigenvalue weighted by Gasteiger charge is 2.37. The number of nitrogens with one attached hydrogen (secondary N) is 1. The van der Waals surface area contributed by atoms with Gasteiger partial charge in [-0.05, 0) is 60.7 Å². The molecule has 0 spiro atoms. The second-order valence-corrected chi connectivity index (χ2v) is 10.1. The van der Waals surface area contributed by atoms with Crippen molar-refractivity contribution in [2.24, 2.45) is 0 Å². The summed E-state index contributed by atoms with van der Waals surface area (Å²) in [7, 11) is 0. The number of thioether (sulfide) groups is 1. The molecular weight excluding hydrogens is 517 g/mol. The van der Waals surface area contributed by atoms with Crippen molar-refractivity contribution in [2.75, 3.05) is 10.7 Å². The van der Waals surface area contributed by atoms with Crippen LogP contribution in [0.15, 0.2) is 89.5 Å². The number of carbonyl (C=O) groups is 3. The monoisotopic (exact) mass is 535 g/mol. The number of rotatable bonds is 6. The van der Waals surface area contributed by atoms with E-state index in [0.29, 0.717) is 27.8 Å². The summed E-state index contributed by atoms with van der Waals surface area (Å²) in [5.74, 6) is -0.610. The van der Waals surface area contributed by atoms with Gasteiger partial charge in [0.2, 0.25) is 0 Å². The van der Waals surface area contributed by atoms with E-state index < -0.39 is 17.8 Å². The molecule has 0 atom stereocenters. The second-order valence-electron chi connectivity index (χ2n) is 8.03. The summed E-state index contributed by atoms with van der Waals surface area (Å²) in [6.07, 6.45) is 3.46. The predicted molar refractivity (Wildman–Crippen MR) is 145 cm³/mol. The molecule has 6 nitrogen and oxygen atoms in total. The van der Waals surface area contributed by atoms with E-state index >= 15 is 0 Å². The van der Waals surface area contributed by atoms with Crippen molar-refractivity contribution in [3.8, 4) is 0 Å². The molecule has 180 valence electrons. The average molecular weight is 536 g/mol. The maximum atomic E-state index is 13.3. The summed E-state index contributed by atoms with van der Waals surface area (Å²) < 4.78 is 2.10. The lowest BCUT2D eigenvalue weighted by Gasteiger charge is -2.26. The zero-order valence-electron chi connectivity index (χ0n) is 18.8. The Labute approximate surface area is 221 Å². The minimum Gasteiger partial charge on any atom is -0.346 e. The van der Waals surface area contributed by atoms with Gasteiger partial charge in [-0.15, -0.1) is 11.8 Å². The van der Waals surface area contributed by atoms with Crippen molar-refractivity contribution in [2.45, 2.75) is 11.4 Å². The molecule has 1 saturated heterocycles. The summed E-state index contributed by atoms with van der Waals surface area (Å²) in [5, 5.41) is 4.33. The molecule has 0 unspecified atom stereocenters. The first kappa shape index (κ1) is 24.2. The average Bonchev–Trinajstić information content (AvgIpc) is 3.21. The Morgan fingerprint density at radius 1 is 0.861 bits per heavy atom. The zero-order valence-corrected chi connectivity index (χ0v) is 21.1. The molecule has 0 aliphatic carbocycles. The lowest BCUT2D eigenvalue weighted by molar-refractivity contribution is -0.122. The van der Waals surface area contributed by atoms with E-state index in [1.165, 1.54) is 6.08 Å². The summed E-state index contributed by atoms with van der Waals surface area (Å²) >= 11 is 13.6. The Balaban J connectivity index is 1.44. The molecule has 36 heavy (non-hydrogen) atoms. The highest BCUT2D eigenvalue weighted by Crippen LogP contribution is 2.28. The van der Waals surface area contributed by atoms with E-state index in [4.69, 9.17) is 23.2 Å². The maximum Gasteiger partial charge on any atom is 0.335 e. The molecule has 1 N–H and O–H groups in total. The molecule has 1 aromatic heterocycles. The highest BCUT2D eigenvalue weighted by molar-refractivity contribution is 7.99. The van der Waals surface area contributed by atoms with Gasteiger partial charge in [0.1, 0.15) is 5.57 Å². The first-order valence-electron chi connectivity index (χ1n) is 11.0. The van der Waals surface area contributed by atoms with Gasteiger partial charge in [0.25, 0.3) is 11.8 Å². The second kappa shape index (κ2) is 10.2. The van der Waals surface area contributed by atoms with Crippen molar-refractivity contribution >= 4 is 75.5 Å². The van der Waals surface area contributed by atoms with Crippen LogP contribution in [-0.4, -0.2) is 28.2 Å². The van der Waals surface area contributed by atoms with Crippen molar-refractivity contribution in [3.05, 3.63) is 100 Å². The number of imide groups is 2. The molecule has 9 heteroatoms. The number of aromatic nitrogens is 1. The number of amides is 4. The van der Waals surface area contributed by atoms with Gasteiger partial charge < -0.3 is 4.57 Å². The van der Waals surface area contributed by atoms with Gasteiger partial charge in [0, 0.05) is 49.9 Å². The first-order chi connectivity index (χ1) is 17.4. The van der Waals surface area contributed by atoms with Crippen LogP contribution in [0.2, 0.25) is 10.0 Å². The number of urea groups is 1. The van der Waals surface area contributed by atoms with Gasteiger partial charge in [-0.3, -0.25) is 14.9 Å². The number of aryl methyl sites for hydroxylation is 1. The number of halogens is 2. The lowest BCUT2D eigenvalue weighted by atomic mass is 10.1. The van der Waals surface area contributed by atoms with Crippen LogP contribution in [0.3, 0.4) is 0 Å². The molecule has 4 aromatic rings. The fraction of sp³-hybridized carbons (Fsp3) is 0.0741. The van der Waals surface area contributed by atoms with E-state index in [0.717, 1.165) is 26.5 Å². The molecule has 0 radical (unpaired) electrons. The molecular formula is C27H19Cl2N3O3S. The Morgan fingerprint density at radius 2 is 1.53 bits per heavy atom. The van der Waals surface area contributed by atoms with E-state index in [2.05, 4.69) is 9.88 Å². The topological polar surface area (TPSA) is 71.4 Å². The molecule has 0 bridgehead atoms. The Hall–Kier alpha value is -3.52. The molecule has 3 aromatic carbocycles. The van der Waals surface area contributed by atoms with Gasteiger partial charge in [-0.25, -0.2) is 9.69 Å². The number of carbonyl (C=O) groups excluding carboxylic acids is 3. The standard InChI is InChI=1S/C27H19Cl2N3O3S/c28-18-5-9-20(10-6-18)32-26(34)23(25(33)30-27(32)35)15-17-16-31(24-4-2-1-3-22(17)24)13-14-36-21-11-7-19(29)8-12-21/h1-12,15-16H,13-14H2,(H,30,33,35)/b23-15+. The minimum atomic E-state index is -0.800. The predicted octanol–water partition coefficient (Wildman–Crippen LogP) is 6.41. The third kappa shape index (κ3) is 4.91. The van der Waals surface area contributed by atoms with Gasteiger partial charge >= 0.3 is 6.03 Å². The maximum absolute atomic E-state index is 13.3. The van der Waals surface area contributed by atoms with E-state index in [1.807, 2.05) is 54.7 Å². The van der Waals surface area contributed by atoms with Crippen LogP contribution in [0.4, 0.5) is 10.5 Å². The fourth-order valence-electron chi connectivity index (χ4n) is 4.01. The van der Waals surface area contributed by atoms with Gasteiger partial charge in [-0.1, -0.05) is 41.4 Å². The van der Waals surface area contributed by atoms with Crippen LogP contribution >= 0.6 is 35.0 Å². The molecule has 0 saturated carbocycles. The van der Waals surface area contributed by atoms with Crippen molar-refractivity contribution in [1.29, 1.82) is 0 Å². The van der Waals surface area contributed by atoms with Gasteiger partial charge in [-0.2, -0.15) is 0 Å². The number of nitrogens with zero attached hydrogens (tertiary/aromatic N) is 2. The SMILES string of the molecule is O=C1NC(=O)N(c2ccc(Cl)cc2)C(=O)/C1=C/c1cn(CCSc2ccc(Cl)cc2)c2ccccc12. The Morgan fingerprint density at radius 3 is 2.25 bits per heavy atom. The van der Waals surface area contributed by atoms with Crippen LogP contribution in [0.1, 0.15) is 5.56 Å². The van der Waals surface area contributed by atoms with Crippen molar-refractivity contribution < 1.29 is 14.4 Å². The largest absolute Gasteiger partial charge is 0.346 e. The smallest absolute Gasteiger partial charge is 0.335 e. The fourth-order valence-corrected chi connectivity index (χ4v) is 5.11. The van der Waals surface area contributed by atoms with Crippen LogP contribution in [0.5, 0.6) is 0 Å². The van der Waals surface area contributed by atoms with Crippen LogP contribution < -0.4 is 10.2 Å². The molecule has 4 amide bonds. The number of para-hydroxylation sites is 1. The third-order valence-electron chi connectivity index (χ3n) is 5.72. The van der Waals surface area contributed by atoms with E-state index in [-0.39, 0.29) is 5.57 Å². The summed E-state index contributed by atoms with van der Waals surface area (Å²) in [4.78, 5) is 40.4. The summed E-state index contributed by atoms with van der Waals surface area (Å²) in [5.41, 5.74) is 1.89. The normalized spacial score (nSPS) is 15.1. The van der Waals surface area contributed by atoms with Crippen molar-refractivity contribution in [3.63, 3.8) is 0 Å². The number of hydrogen-bond donors (Lipinski definition) is 1. The minimum absolute atomic E-state index is 0.122.